The second-order valence-electron chi connectivity index (χ2n) is 7.14. The van der Waals surface area contributed by atoms with Crippen LogP contribution in [0, 0.1) is 0 Å². The molecule has 148 valence electrons. The van der Waals surface area contributed by atoms with E-state index < -0.39 is 0 Å². The summed E-state index contributed by atoms with van der Waals surface area (Å²) in [6.07, 6.45) is 5.80. The third kappa shape index (κ3) is 3.42. The minimum Gasteiger partial charge on any atom is -0.497 e. The second-order valence-corrected chi connectivity index (χ2v) is 7.14. The highest BCUT2D eigenvalue weighted by Gasteiger charge is 2.26. The molecule has 4 rings (SSSR count). The molecule has 3 aromatic rings. The first-order valence-corrected chi connectivity index (χ1v) is 10.1. The van der Waals surface area contributed by atoms with E-state index in [-0.39, 0.29) is 0 Å². The molecule has 0 saturated carbocycles. The van der Waals surface area contributed by atoms with Gasteiger partial charge < -0.3 is 14.5 Å². The molecule has 1 fully saturated rings. The van der Waals surface area contributed by atoms with Crippen molar-refractivity contribution in [3.8, 4) is 16.9 Å². The predicted molar refractivity (Wildman–Crippen MR) is 111 cm³/mol. The van der Waals surface area contributed by atoms with Crippen LogP contribution in [-0.2, 0) is 0 Å². The Labute approximate surface area is 166 Å². The zero-order chi connectivity index (χ0) is 19.5. The van der Waals surface area contributed by atoms with Gasteiger partial charge in [-0.25, -0.2) is 4.98 Å². The fourth-order valence-electron chi connectivity index (χ4n) is 4.23. The van der Waals surface area contributed by atoms with E-state index >= 15 is 0 Å². The van der Waals surface area contributed by atoms with Crippen molar-refractivity contribution in [2.24, 2.45) is 0 Å². The van der Waals surface area contributed by atoms with E-state index in [9.17, 15) is 0 Å². The van der Waals surface area contributed by atoms with Gasteiger partial charge in [0.25, 0.3) is 5.78 Å². The summed E-state index contributed by atoms with van der Waals surface area (Å²) >= 11 is 0. The van der Waals surface area contributed by atoms with Crippen molar-refractivity contribution in [3.05, 3.63) is 36.8 Å². The van der Waals surface area contributed by atoms with Crippen molar-refractivity contribution in [2.75, 3.05) is 38.2 Å². The van der Waals surface area contributed by atoms with Crippen LogP contribution >= 0.6 is 0 Å². The third-order valence-corrected chi connectivity index (χ3v) is 5.77. The molecule has 28 heavy (non-hydrogen) atoms. The minimum absolute atomic E-state index is 0.637. The first-order chi connectivity index (χ1) is 13.7. The molecule has 1 aromatic carbocycles. The van der Waals surface area contributed by atoms with Gasteiger partial charge in [-0.3, -0.25) is 0 Å². The molecule has 3 heterocycles. The van der Waals surface area contributed by atoms with Gasteiger partial charge in [0.1, 0.15) is 17.9 Å². The van der Waals surface area contributed by atoms with Gasteiger partial charge in [0.15, 0.2) is 0 Å². The molecule has 0 radical (unpaired) electrons. The van der Waals surface area contributed by atoms with Gasteiger partial charge in [0.2, 0.25) is 0 Å². The summed E-state index contributed by atoms with van der Waals surface area (Å²) in [4.78, 5) is 13.8. The van der Waals surface area contributed by atoms with Crippen LogP contribution in [0.15, 0.2) is 36.8 Å². The lowest BCUT2D eigenvalue weighted by molar-refractivity contribution is 0.186. The van der Waals surface area contributed by atoms with Crippen molar-refractivity contribution < 1.29 is 4.74 Å². The lowest BCUT2D eigenvalue weighted by atomic mass is 10.0. The summed E-state index contributed by atoms with van der Waals surface area (Å²) in [5, 5.41) is 4.47. The van der Waals surface area contributed by atoms with Crippen LogP contribution in [0.1, 0.15) is 26.7 Å². The quantitative estimate of drug-likeness (QED) is 0.655. The predicted octanol–water partition coefficient (Wildman–Crippen LogP) is 3.11. The van der Waals surface area contributed by atoms with Crippen LogP contribution in [-0.4, -0.2) is 63.8 Å². The largest absolute Gasteiger partial charge is 0.497 e. The Kier molecular flexibility index (Phi) is 5.43. The summed E-state index contributed by atoms with van der Waals surface area (Å²) in [6, 6.07) is 8.77. The Morgan fingerprint density at radius 3 is 2.43 bits per heavy atom. The van der Waals surface area contributed by atoms with Gasteiger partial charge in [0, 0.05) is 30.9 Å². The van der Waals surface area contributed by atoms with Crippen LogP contribution in [0.5, 0.6) is 5.75 Å². The molecule has 0 spiro atoms. The van der Waals surface area contributed by atoms with Crippen LogP contribution in [0.4, 0.5) is 5.82 Å². The number of anilines is 1. The molecule has 1 aliphatic rings. The maximum absolute atomic E-state index is 5.31. The number of nitrogens with zero attached hydrogens (tertiary/aromatic N) is 6. The zero-order valence-electron chi connectivity index (χ0n) is 16.9. The van der Waals surface area contributed by atoms with E-state index in [2.05, 4.69) is 50.8 Å². The molecular weight excluding hydrogens is 352 g/mol. The lowest BCUT2D eigenvalue weighted by Crippen LogP contribution is -2.45. The molecule has 1 saturated heterocycles. The Morgan fingerprint density at radius 2 is 1.79 bits per heavy atom. The Hall–Kier alpha value is -2.67. The standard InChI is InChI=1S/C21H28N6O/c1-4-25(5-2)17-10-12-26(13-11-17)20-19(14-22-21-23-15-24-27(20)21)16-6-8-18(28-3)9-7-16/h6-9,14-15,17H,4-5,10-13H2,1-3H3. The first kappa shape index (κ1) is 18.7. The Balaban J connectivity index is 1.68. The summed E-state index contributed by atoms with van der Waals surface area (Å²) in [6.45, 7) is 8.73. The number of hydrogen-bond donors (Lipinski definition) is 0. The maximum Gasteiger partial charge on any atom is 0.254 e. The molecule has 7 heteroatoms. The highest BCUT2D eigenvalue weighted by atomic mass is 16.5. The van der Waals surface area contributed by atoms with Crippen LogP contribution in [0.3, 0.4) is 0 Å². The SMILES string of the molecule is CCN(CC)C1CCN(c2c(-c3ccc(OC)cc3)cnc3ncnn23)CC1. The summed E-state index contributed by atoms with van der Waals surface area (Å²) in [5.41, 5.74) is 2.17. The van der Waals surface area contributed by atoms with Gasteiger partial charge in [-0.05, 0) is 43.6 Å². The molecule has 0 amide bonds. The van der Waals surface area contributed by atoms with Gasteiger partial charge in [-0.15, -0.1) is 0 Å². The van der Waals surface area contributed by atoms with Gasteiger partial charge >= 0.3 is 0 Å². The normalized spacial score (nSPS) is 15.5. The number of hydrogen-bond acceptors (Lipinski definition) is 6. The van der Waals surface area contributed by atoms with E-state index in [1.807, 2.05) is 22.8 Å². The Morgan fingerprint density at radius 1 is 1.07 bits per heavy atom. The topological polar surface area (TPSA) is 58.8 Å². The van der Waals surface area contributed by atoms with Crippen LogP contribution < -0.4 is 9.64 Å². The Bertz CT molecular complexity index is 910. The van der Waals surface area contributed by atoms with E-state index in [1.165, 1.54) is 0 Å². The van der Waals surface area contributed by atoms with E-state index in [1.54, 1.807) is 13.4 Å². The number of piperidine rings is 1. The fraction of sp³-hybridized carbons (Fsp3) is 0.476. The number of ether oxygens (including phenoxy) is 1. The van der Waals surface area contributed by atoms with Crippen molar-refractivity contribution in [1.82, 2.24) is 24.5 Å². The molecule has 1 aliphatic heterocycles. The summed E-state index contributed by atoms with van der Waals surface area (Å²) in [5.74, 6) is 2.56. The molecule has 7 nitrogen and oxygen atoms in total. The maximum atomic E-state index is 5.31. The molecule has 0 unspecified atom stereocenters. The lowest BCUT2D eigenvalue weighted by Gasteiger charge is -2.39. The fourth-order valence-corrected chi connectivity index (χ4v) is 4.23. The van der Waals surface area contributed by atoms with Gasteiger partial charge in [0.05, 0.1) is 7.11 Å². The molecule has 0 N–H and O–H groups in total. The average Bonchev–Trinajstić information content (AvgIpc) is 3.23. The zero-order valence-corrected chi connectivity index (χ0v) is 16.9. The number of fused-ring (bicyclic) bond motifs is 1. The van der Waals surface area contributed by atoms with Crippen LogP contribution in [0.25, 0.3) is 16.9 Å². The van der Waals surface area contributed by atoms with E-state index in [4.69, 9.17) is 4.74 Å². The number of rotatable bonds is 6. The molecule has 0 atom stereocenters. The average molecular weight is 380 g/mol. The van der Waals surface area contributed by atoms with Crippen molar-refractivity contribution in [2.45, 2.75) is 32.7 Å². The molecule has 0 aliphatic carbocycles. The highest BCUT2D eigenvalue weighted by molar-refractivity contribution is 5.77. The summed E-state index contributed by atoms with van der Waals surface area (Å²) in [7, 11) is 1.68. The molecule has 0 bridgehead atoms. The second kappa shape index (κ2) is 8.14. The number of methoxy groups -OCH3 is 1. The first-order valence-electron chi connectivity index (χ1n) is 10.1. The smallest absolute Gasteiger partial charge is 0.254 e. The monoisotopic (exact) mass is 380 g/mol. The number of aromatic nitrogens is 4. The van der Waals surface area contributed by atoms with E-state index in [0.29, 0.717) is 11.8 Å². The molecular formula is C21H28N6O. The molecule has 2 aromatic heterocycles. The van der Waals surface area contributed by atoms with E-state index in [0.717, 1.165) is 61.7 Å². The minimum atomic E-state index is 0.637. The van der Waals surface area contributed by atoms with Crippen molar-refractivity contribution in [1.29, 1.82) is 0 Å². The van der Waals surface area contributed by atoms with Gasteiger partial charge in [-0.1, -0.05) is 26.0 Å². The summed E-state index contributed by atoms with van der Waals surface area (Å²) < 4.78 is 7.18. The number of benzene rings is 1. The van der Waals surface area contributed by atoms with Crippen molar-refractivity contribution in [3.63, 3.8) is 0 Å². The van der Waals surface area contributed by atoms with Crippen LogP contribution in [0.2, 0.25) is 0 Å². The van der Waals surface area contributed by atoms with Crippen molar-refractivity contribution >= 4 is 11.6 Å². The highest BCUT2D eigenvalue weighted by Crippen LogP contribution is 2.33. The third-order valence-electron chi connectivity index (χ3n) is 5.77. The van der Waals surface area contributed by atoms with Gasteiger partial charge in [-0.2, -0.15) is 14.6 Å².